The van der Waals surface area contributed by atoms with E-state index in [9.17, 15) is 13.2 Å². The van der Waals surface area contributed by atoms with Crippen LogP contribution in [0.15, 0.2) is 48.5 Å². The van der Waals surface area contributed by atoms with Gasteiger partial charge in [0, 0.05) is 11.1 Å². The van der Waals surface area contributed by atoms with E-state index >= 15 is 0 Å². The Morgan fingerprint density at radius 3 is 1.57 bits per heavy atom. The van der Waals surface area contributed by atoms with E-state index in [1.165, 1.54) is 24.3 Å². The third-order valence-corrected chi connectivity index (χ3v) is 4.88. The highest BCUT2D eigenvalue weighted by Crippen LogP contribution is 2.36. The van der Waals surface area contributed by atoms with Crippen LogP contribution >= 0.6 is 0 Å². The summed E-state index contributed by atoms with van der Waals surface area (Å²) in [5.74, 6) is 5.63. The molecule has 0 radical (unpaired) electrons. The van der Waals surface area contributed by atoms with Crippen molar-refractivity contribution in [3.8, 4) is 17.6 Å². The third kappa shape index (κ3) is 6.04. The summed E-state index contributed by atoms with van der Waals surface area (Å²) < 4.78 is 52.4. The molecule has 2 aromatic carbocycles. The molecule has 0 N–H and O–H groups in total. The van der Waals surface area contributed by atoms with Crippen molar-refractivity contribution in [1.29, 1.82) is 0 Å². The molecule has 1 fully saturated rings. The lowest BCUT2D eigenvalue weighted by Crippen LogP contribution is -2.41. The lowest BCUT2D eigenvalue weighted by atomic mass is 9.79. The average molecular weight is 418 g/mol. The summed E-state index contributed by atoms with van der Waals surface area (Å²) in [7, 11) is -0.437. The van der Waals surface area contributed by atoms with Gasteiger partial charge in [0.2, 0.25) is 0 Å². The minimum absolute atomic E-state index is 0.273. The molecule has 7 heteroatoms. The molecule has 3 rings (SSSR count). The quantitative estimate of drug-likeness (QED) is 0.489. The van der Waals surface area contributed by atoms with Gasteiger partial charge < -0.3 is 14.0 Å². The Hall–Kier alpha value is -2.43. The zero-order valence-electron chi connectivity index (χ0n) is 18.1. The second kappa shape index (κ2) is 9.15. The number of hydrogen-bond acceptors (Lipinski definition) is 3. The van der Waals surface area contributed by atoms with E-state index in [0.717, 1.165) is 11.0 Å². The van der Waals surface area contributed by atoms with E-state index in [1.807, 2.05) is 65.8 Å². The van der Waals surface area contributed by atoms with Crippen molar-refractivity contribution >= 4 is 12.6 Å². The van der Waals surface area contributed by atoms with Crippen molar-refractivity contribution in [3.63, 3.8) is 0 Å². The molecular weight excluding hydrogens is 392 g/mol. The van der Waals surface area contributed by atoms with Gasteiger partial charge in [0.05, 0.1) is 11.2 Å². The summed E-state index contributed by atoms with van der Waals surface area (Å²) in [5.41, 5.74) is 1.45. The maximum atomic E-state index is 12.2. The monoisotopic (exact) mass is 418 g/mol. The topological polar surface area (TPSA) is 27.7 Å². The maximum absolute atomic E-state index is 12.2. The fourth-order valence-electron chi connectivity index (χ4n) is 2.59. The molecule has 0 bridgehead atoms. The molecule has 1 aliphatic heterocycles. The second-order valence-electron chi connectivity index (χ2n) is 7.53. The van der Waals surface area contributed by atoms with Crippen LogP contribution in [0, 0.1) is 11.8 Å². The van der Waals surface area contributed by atoms with Gasteiger partial charge in [0.1, 0.15) is 5.75 Å². The van der Waals surface area contributed by atoms with E-state index in [-0.39, 0.29) is 5.75 Å². The number of hydrogen-bond donors (Lipinski definition) is 0. The molecule has 0 unspecified atom stereocenters. The van der Waals surface area contributed by atoms with Gasteiger partial charge in [0.25, 0.3) is 0 Å². The average Bonchev–Trinajstić information content (AvgIpc) is 2.89. The highest BCUT2D eigenvalue weighted by molar-refractivity contribution is 6.62. The summed E-state index contributed by atoms with van der Waals surface area (Å²) in [6.45, 7) is 12.0. The van der Waals surface area contributed by atoms with Crippen molar-refractivity contribution < 1.29 is 27.2 Å². The minimum atomic E-state index is -4.70. The first kappa shape index (κ1) is 23.9. The number of alkyl halides is 3. The molecule has 0 saturated carbocycles. The van der Waals surface area contributed by atoms with Gasteiger partial charge in [-0.2, -0.15) is 0 Å². The van der Waals surface area contributed by atoms with Crippen LogP contribution < -0.4 is 10.2 Å². The molecule has 0 spiro atoms. The standard InChI is InChI=1S/C21H20BF3O3.C2H6/c1-19(2)20(3,4)28-22(27-19)17-11-7-15(8-12-17)5-6-16-9-13-18(14-10-16)26-21(23,24)25;1-2/h7-14H,1-4H3;1-2H3. The Labute approximate surface area is 176 Å². The maximum Gasteiger partial charge on any atom is 0.573 e. The SMILES string of the molecule is CC.CC1(C)OB(c2ccc(C#Cc3ccc(OC(F)(F)F)cc3)cc2)OC1(C)C. The number of rotatable bonds is 2. The van der Waals surface area contributed by atoms with Gasteiger partial charge in [-0.1, -0.05) is 37.8 Å². The van der Waals surface area contributed by atoms with Crippen molar-refractivity contribution in [3.05, 3.63) is 59.7 Å². The zero-order valence-corrected chi connectivity index (χ0v) is 18.1. The Balaban J connectivity index is 0.00000155. The number of halogens is 3. The van der Waals surface area contributed by atoms with Gasteiger partial charge in [-0.05, 0) is 69.6 Å². The molecule has 2 aromatic rings. The second-order valence-corrected chi connectivity index (χ2v) is 7.53. The van der Waals surface area contributed by atoms with Gasteiger partial charge in [-0.25, -0.2) is 0 Å². The fraction of sp³-hybridized carbons (Fsp3) is 0.391. The van der Waals surface area contributed by atoms with Crippen LogP contribution in [-0.2, 0) is 9.31 Å². The molecular formula is C23H26BF3O3. The smallest absolute Gasteiger partial charge is 0.406 e. The fourth-order valence-corrected chi connectivity index (χ4v) is 2.59. The predicted molar refractivity (Wildman–Crippen MR) is 113 cm³/mol. The number of ether oxygens (including phenoxy) is 1. The normalized spacial score (nSPS) is 16.8. The van der Waals surface area contributed by atoms with Crippen LogP contribution in [0.25, 0.3) is 0 Å². The Kier molecular flexibility index (Phi) is 7.28. The molecule has 1 saturated heterocycles. The van der Waals surface area contributed by atoms with Gasteiger partial charge >= 0.3 is 13.5 Å². The molecule has 30 heavy (non-hydrogen) atoms. The Morgan fingerprint density at radius 2 is 1.17 bits per heavy atom. The molecule has 1 heterocycles. The molecule has 0 amide bonds. The highest BCUT2D eigenvalue weighted by atomic mass is 19.4. The van der Waals surface area contributed by atoms with Crippen molar-refractivity contribution in [2.75, 3.05) is 0 Å². The zero-order chi connectivity index (χ0) is 22.6. The summed E-state index contributed by atoms with van der Waals surface area (Å²) >= 11 is 0. The lowest BCUT2D eigenvalue weighted by molar-refractivity contribution is -0.274. The van der Waals surface area contributed by atoms with Crippen molar-refractivity contribution in [2.45, 2.75) is 59.1 Å². The Bertz CT molecular complexity index is 877. The molecule has 3 nitrogen and oxygen atoms in total. The van der Waals surface area contributed by atoms with Crippen LogP contribution in [0.1, 0.15) is 52.7 Å². The summed E-state index contributed by atoms with van der Waals surface area (Å²) in [6, 6.07) is 12.9. The van der Waals surface area contributed by atoms with E-state index < -0.39 is 24.7 Å². The van der Waals surface area contributed by atoms with Crippen molar-refractivity contribution in [1.82, 2.24) is 0 Å². The minimum Gasteiger partial charge on any atom is -0.406 e. The van der Waals surface area contributed by atoms with Gasteiger partial charge in [0.15, 0.2) is 0 Å². The highest BCUT2D eigenvalue weighted by Gasteiger charge is 2.51. The Morgan fingerprint density at radius 1 is 0.767 bits per heavy atom. The van der Waals surface area contributed by atoms with Crippen LogP contribution in [0.5, 0.6) is 5.75 Å². The first-order valence-corrected chi connectivity index (χ1v) is 9.79. The largest absolute Gasteiger partial charge is 0.573 e. The van der Waals surface area contributed by atoms with E-state index in [1.54, 1.807) is 0 Å². The molecule has 0 aromatic heterocycles. The van der Waals surface area contributed by atoms with Gasteiger partial charge in [-0.15, -0.1) is 13.2 Å². The molecule has 0 atom stereocenters. The van der Waals surface area contributed by atoms with Crippen LogP contribution in [0.3, 0.4) is 0 Å². The lowest BCUT2D eigenvalue weighted by Gasteiger charge is -2.32. The van der Waals surface area contributed by atoms with Crippen LogP contribution in [0.2, 0.25) is 0 Å². The molecule has 0 aliphatic carbocycles. The molecule has 1 aliphatic rings. The summed E-state index contributed by atoms with van der Waals surface area (Å²) in [5, 5.41) is 0. The van der Waals surface area contributed by atoms with Crippen LogP contribution in [-0.4, -0.2) is 24.7 Å². The van der Waals surface area contributed by atoms with Crippen LogP contribution in [0.4, 0.5) is 13.2 Å². The van der Waals surface area contributed by atoms with Crippen molar-refractivity contribution in [2.24, 2.45) is 0 Å². The number of benzene rings is 2. The third-order valence-electron chi connectivity index (χ3n) is 4.88. The van der Waals surface area contributed by atoms with E-state index in [2.05, 4.69) is 16.6 Å². The summed E-state index contributed by atoms with van der Waals surface area (Å²) in [6.07, 6.45) is -4.70. The summed E-state index contributed by atoms with van der Waals surface area (Å²) in [4.78, 5) is 0. The molecule has 160 valence electrons. The van der Waals surface area contributed by atoms with Gasteiger partial charge in [-0.3, -0.25) is 0 Å². The van der Waals surface area contributed by atoms with E-state index in [0.29, 0.717) is 5.56 Å². The first-order valence-electron chi connectivity index (χ1n) is 9.79. The van der Waals surface area contributed by atoms with E-state index in [4.69, 9.17) is 9.31 Å². The first-order chi connectivity index (χ1) is 14.0. The predicted octanol–water partition coefficient (Wildman–Crippen LogP) is 5.31.